The third-order valence-corrected chi connectivity index (χ3v) is 6.91. The summed E-state index contributed by atoms with van der Waals surface area (Å²) in [5, 5.41) is 3.54. The summed E-state index contributed by atoms with van der Waals surface area (Å²) < 4.78 is 59.6. The highest BCUT2D eigenvalue weighted by Crippen LogP contribution is 2.39. The molecule has 2 atom stereocenters. The maximum atomic E-state index is 14.8. The molecule has 2 aliphatic heterocycles. The fraction of sp³-hybridized carbons (Fsp3) is 0.412. The molecule has 1 amide bonds. The van der Waals surface area contributed by atoms with Crippen LogP contribution in [0.5, 0.6) is 5.75 Å². The number of rotatable bonds is 5. The maximum Gasteiger partial charge on any atom is 0.302 e. The molecule has 0 aliphatic carbocycles. The number of piperidine rings is 1. The van der Waals surface area contributed by atoms with Gasteiger partial charge in [0, 0.05) is 23.6 Å². The van der Waals surface area contributed by atoms with E-state index < -0.39 is 34.1 Å². The fourth-order valence-electron chi connectivity index (χ4n) is 3.67. The summed E-state index contributed by atoms with van der Waals surface area (Å²) in [5.41, 5.74) is 0.0148. The number of methoxy groups -OCH3 is 1. The number of benzene rings is 1. The number of aromatic nitrogens is 1. The Bertz CT molecular complexity index is 1050. The van der Waals surface area contributed by atoms with Gasteiger partial charge in [0.15, 0.2) is 11.6 Å². The van der Waals surface area contributed by atoms with Crippen molar-refractivity contribution in [2.24, 2.45) is 0 Å². The van der Waals surface area contributed by atoms with Crippen LogP contribution in [0.1, 0.15) is 6.42 Å². The number of carbonyl (C=O) groups excluding carboxylic acids is 1. The Labute approximate surface area is 180 Å². The summed E-state index contributed by atoms with van der Waals surface area (Å²) in [6.45, 7) is -0.214. The first-order valence-corrected chi connectivity index (χ1v) is 11.2. The Morgan fingerprint density at radius 1 is 1.40 bits per heavy atom. The van der Waals surface area contributed by atoms with E-state index in [0.29, 0.717) is 4.47 Å². The van der Waals surface area contributed by atoms with Crippen molar-refractivity contribution < 1.29 is 31.6 Å². The molecule has 2 saturated heterocycles. The monoisotopic (exact) mass is 504 g/mol. The summed E-state index contributed by atoms with van der Waals surface area (Å²) >= 11 is 3.21. The van der Waals surface area contributed by atoms with Crippen molar-refractivity contribution in [1.29, 1.82) is 0 Å². The molecular formula is C17H18BrFN4O6S. The largest absolute Gasteiger partial charge is 0.494 e. The predicted octanol–water partition coefficient (Wildman–Crippen LogP) is 1.75. The SMILES string of the molecule is COc1cc(Br)cc(F)c1N1C(=O)COC2CN(S(=O)(=O)Nc3ccon3)CCC21. The van der Waals surface area contributed by atoms with Gasteiger partial charge in [0.1, 0.15) is 24.3 Å². The van der Waals surface area contributed by atoms with Crippen LogP contribution < -0.4 is 14.4 Å². The van der Waals surface area contributed by atoms with Gasteiger partial charge >= 0.3 is 10.2 Å². The van der Waals surface area contributed by atoms with Crippen LogP contribution in [-0.4, -0.2) is 62.7 Å². The number of nitrogens with zero attached hydrogens (tertiary/aromatic N) is 3. The van der Waals surface area contributed by atoms with E-state index >= 15 is 0 Å². The molecule has 4 rings (SSSR count). The van der Waals surface area contributed by atoms with Crippen LogP contribution in [0.4, 0.5) is 15.9 Å². The van der Waals surface area contributed by atoms with Gasteiger partial charge < -0.3 is 14.0 Å². The predicted molar refractivity (Wildman–Crippen MR) is 107 cm³/mol. The standard InChI is InChI=1S/C17H18BrFN4O6S/c1-27-13-7-10(18)6-11(19)17(13)23-12-2-4-22(8-14(12)28-9-16(23)24)30(25,26)21-15-3-5-29-20-15/h3,5-7,12,14H,2,4,8-9H2,1H3,(H,20,21). The van der Waals surface area contributed by atoms with Crippen LogP contribution in [0.2, 0.25) is 0 Å². The van der Waals surface area contributed by atoms with Crippen molar-refractivity contribution in [3.8, 4) is 5.75 Å². The highest BCUT2D eigenvalue weighted by Gasteiger charge is 2.45. The number of morpholine rings is 1. The van der Waals surface area contributed by atoms with Crippen molar-refractivity contribution in [3.63, 3.8) is 0 Å². The number of ether oxygens (including phenoxy) is 2. The Morgan fingerprint density at radius 3 is 2.90 bits per heavy atom. The minimum Gasteiger partial charge on any atom is -0.494 e. The van der Waals surface area contributed by atoms with Crippen LogP contribution in [0, 0.1) is 5.82 Å². The third kappa shape index (κ3) is 3.89. The number of anilines is 2. The number of amides is 1. The van der Waals surface area contributed by atoms with E-state index in [9.17, 15) is 17.6 Å². The van der Waals surface area contributed by atoms with E-state index in [-0.39, 0.29) is 43.4 Å². The molecule has 30 heavy (non-hydrogen) atoms. The Hall–Kier alpha value is -2.22. The number of nitrogens with one attached hydrogen (secondary N) is 1. The lowest BCUT2D eigenvalue weighted by Crippen LogP contribution is -2.62. The average molecular weight is 505 g/mol. The second kappa shape index (κ2) is 8.13. The van der Waals surface area contributed by atoms with Gasteiger partial charge in [0.2, 0.25) is 0 Å². The molecular weight excluding hydrogens is 487 g/mol. The lowest BCUT2D eigenvalue weighted by molar-refractivity contribution is -0.134. The molecule has 2 aliphatic rings. The van der Waals surface area contributed by atoms with Gasteiger partial charge in [-0.1, -0.05) is 21.1 Å². The molecule has 0 saturated carbocycles. The fourth-order valence-corrected chi connectivity index (χ4v) is 5.27. The van der Waals surface area contributed by atoms with E-state index in [1.54, 1.807) is 6.07 Å². The van der Waals surface area contributed by atoms with E-state index in [2.05, 4.69) is 30.3 Å². The first kappa shape index (κ1) is 21.0. The van der Waals surface area contributed by atoms with Crippen LogP contribution in [0.25, 0.3) is 0 Å². The maximum absolute atomic E-state index is 14.8. The minimum absolute atomic E-state index is 0.0118. The molecule has 2 unspecified atom stereocenters. The molecule has 0 bridgehead atoms. The van der Waals surface area contributed by atoms with E-state index in [4.69, 9.17) is 9.47 Å². The molecule has 1 aromatic carbocycles. The molecule has 1 aromatic heterocycles. The molecule has 2 fully saturated rings. The van der Waals surface area contributed by atoms with E-state index in [1.165, 1.54) is 34.7 Å². The van der Waals surface area contributed by atoms with Gasteiger partial charge in [-0.05, 0) is 18.6 Å². The Kier molecular flexibility index (Phi) is 5.70. The van der Waals surface area contributed by atoms with Crippen molar-refractivity contribution in [3.05, 3.63) is 34.8 Å². The van der Waals surface area contributed by atoms with Crippen LogP contribution in [-0.2, 0) is 19.7 Å². The summed E-state index contributed by atoms with van der Waals surface area (Å²) in [6, 6.07) is 3.65. The second-order valence-corrected chi connectivity index (χ2v) is 9.34. The summed E-state index contributed by atoms with van der Waals surface area (Å²) in [6.07, 6.45) is 0.852. The van der Waals surface area contributed by atoms with Crippen LogP contribution in [0.3, 0.4) is 0 Å². The minimum atomic E-state index is -3.91. The van der Waals surface area contributed by atoms with Gasteiger partial charge in [0.25, 0.3) is 5.91 Å². The first-order chi connectivity index (χ1) is 14.3. The zero-order valence-corrected chi connectivity index (χ0v) is 18.2. The van der Waals surface area contributed by atoms with Gasteiger partial charge in [-0.2, -0.15) is 12.7 Å². The highest BCUT2D eigenvalue weighted by atomic mass is 79.9. The van der Waals surface area contributed by atoms with Crippen molar-refractivity contribution in [2.45, 2.75) is 18.6 Å². The molecule has 3 heterocycles. The lowest BCUT2D eigenvalue weighted by atomic mass is 9.98. The zero-order chi connectivity index (χ0) is 21.5. The summed E-state index contributed by atoms with van der Waals surface area (Å²) in [5.74, 6) is -0.801. The van der Waals surface area contributed by atoms with Crippen molar-refractivity contribution >= 4 is 43.6 Å². The van der Waals surface area contributed by atoms with Crippen molar-refractivity contribution in [2.75, 3.05) is 36.4 Å². The molecule has 13 heteroatoms. The van der Waals surface area contributed by atoms with Crippen LogP contribution in [0.15, 0.2) is 33.5 Å². The zero-order valence-electron chi connectivity index (χ0n) is 15.7. The average Bonchev–Trinajstić information content (AvgIpc) is 3.20. The third-order valence-electron chi connectivity index (χ3n) is 4.97. The van der Waals surface area contributed by atoms with E-state index in [0.717, 1.165) is 0 Å². The van der Waals surface area contributed by atoms with E-state index in [1.807, 2.05) is 0 Å². The smallest absolute Gasteiger partial charge is 0.302 e. The van der Waals surface area contributed by atoms with Gasteiger partial charge in [-0.15, -0.1) is 0 Å². The number of fused-ring (bicyclic) bond motifs is 1. The second-order valence-electron chi connectivity index (χ2n) is 6.76. The Morgan fingerprint density at radius 2 is 2.20 bits per heavy atom. The molecule has 0 radical (unpaired) electrons. The van der Waals surface area contributed by atoms with Gasteiger partial charge in [0.05, 0.1) is 19.3 Å². The number of halogens is 2. The van der Waals surface area contributed by atoms with Gasteiger partial charge in [-0.3, -0.25) is 14.4 Å². The summed E-state index contributed by atoms with van der Waals surface area (Å²) in [7, 11) is -2.52. The lowest BCUT2D eigenvalue weighted by Gasteiger charge is -2.46. The number of hydrogen-bond donors (Lipinski definition) is 1. The van der Waals surface area contributed by atoms with Crippen LogP contribution >= 0.6 is 15.9 Å². The normalized spacial score (nSPS) is 22.6. The molecule has 10 nitrogen and oxygen atoms in total. The summed E-state index contributed by atoms with van der Waals surface area (Å²) in [4.78, 5) is 14.0. The molecule has 1 N–H and O–H groups in total. The first-order valence-electron chi connectivity index (χ1n) is 8.95. The molecule has 2 aromatic rings. The number of hydrogen-bond acceptors (Lipinski definition) is 7. The van der Waals surface area contributed by atoms with Crippen molar-refractivity contribution in [1.82, 2.24) is 9.46 Å². The topological polar surface area (TPSA) is 114 Å². The quantitative estimate of drug-likeness (QED) is 0.659. The molecule has 0 spiro atoms. The molecule has 162 valence electrons. The van der Waals surface area contributed by atoms with Gasteiger partial charge in [-0.25, -0.2) is 4.39 Å². The Balaban J connectivity index is 1.59. The highest BCUT2D eigenvalue weighted by molar-refractivity contribution is 9.10. The number of carbonyl (C=O) groups is 1.